The Morgan fingerprint density at radius 2 is 1.12 bits per heavy atom. The number of rotatable bonds is 32. The molecule has 3 aromatic carbocycles. The first kappa shape index (κ1) is 59.7. The molecule has 0 unspecified atom stereocenters. The Hall–Kier alpha value is -8.15. The number of aromatic amines is 2. The minimum absolute atomic E-state index is 0.0172. The maximum atomic E-state index is 14.5. The minimum atomic E-state index is -1.32. The number of carbonyl (C=O) groups is 8. The number of phenolic OH excluding ortho intramolecular Hbond substituents is 1. The number of amides is 8. The van der Waals surface area contributed by atoms with Gasteiger partial charge in [0.15, 0.2) is 0 Å². The molecule has 8 amide bonds. The second-order valence-corrected chi connectivity index (χ2v) is 19.3. The zero-order chi connectivity index (χ0) is 55.9. The third kappa shape index (κ3) is 19.2. The van der Waals surface area contributed by atoms with Gasteiger partial charge in [0.2, 0.25) is 47.3 Å². The molecule has 2 aromatic heterocycles. The smallest absolute Gasteiger partial charge is 0.243 e. The van der Waals surface area contributed by atoms with Crippen LogP contribution in [0.2, 0.25) is 0 Å². The number of hydrogen-bond donors (Lipinski definition) is 14. The number of hydrogen-bond acceptors (Lipinski definition) is 13. The van der Waals surface area contributed by atoms with Gasteiger partial charge in [-0.3, -0.25) is 38.4 Å². The number of aromatic nitrogens is 3. The van der Waals surface area contributed by atoms with Gasteiger partial charge in [-0.1, -0.05) is 74.5 Å². The highest BCUT2D eigenvalue weighted by molar-refractivity contribution is 5.97. The lowest BCUT2D eigenvalue weighted by Gasteiger charge is -2.26. The molecule has 0 saturated carbocycles. The zero-order valence-corrected chi connectivity index (χ0v) is 43.5. The Balaban J connectivity index is 1.35. The Labute approximate surface area is 447 Å². The van der Waals surface area contributed by atoms with Gasteiger partial charge in [0, 0.05) is 54.7 Å². The number of carbonyl (C=O) groups excluding carboxylic acids is 8. The van der Waals surface area contributed by atoms with Crippen LogP contribution in [0, 0.1) is 5.92 Å². The average Bonchev–Trinajstić information content (AvgIpc) is 4.08. The monoisotopic (exact) mass is 1060 g/mol. The first-order valence-corrected chi connectivity index (χ1v) is 25.8. The third-order valence-corrected chi connectivity index (χ3v) is 12.9. The summed E-state index contributed by atoms with van der Waals surface area (Å²) in [6.45, 7) is 3.34. The molecule has 414 valence electrons. The maximum Gasteiger partial charge on any atom is 0.243 e. The van der Waals surface area contributed by atoms with Crippen LogP contribution >= 0.6 is 0 Å². The highest BCUT2D eigenvalue weighted by atomic mass is 16.3. The molecule has 0 bridgehead atoms. The largest absolute Gasteiger partial charge is 0.508 e. The number of nitrogens with one attached hydrogen (secondary N) is 9. The van der Waals surface area contributed by atoms with E-state index in [9.17, 15) is 43.5 Å². The van der Waals surface area contributed by atoms with Crippen LogP contribution in [-0.2, 0) is 64.0 Å². The van der Waals surface area contributed by atoms with E-state index >= 15 is 0 Å². The van der Waals surface area contributed by atoms with E-state index in [1.165, 1.54) is 24.7 Å². The van der Waals surface area contributed by atoms with Crippen LogP contribution in [0.5, 0.6) is 5.75 Å². The van der Waals surface area contributed by atoms with E-state index in [-0.39, 0.29) is 50.2 Å². The molecule has 0 aliphatic heterocycles. The molecule has 0 radical (unpaired) electrons. The van der Waals surface area contributed by atoms with Crippen molar-refractivity contribution in [3.8, 4) is 5.75 Å². The van der Waals surface area contributed by atoms with E-state index in [1.54, 1.807) is 56.4 Å². The molecule has 18 N–H and O–H groups in total. The first-order valence-electron chi connectivity index (χ1n) is 25.8. The molecule has 2 heterocycles. The van der Waals surface area contributed by atoms with Gasteiger partial charge >= 0.3 is 0 Å². The average molecular weight is 1060 g/mol. The Kier molecular flexibility index (Phi) is 23.6. The van der Waals surface area contributed by atoms with Crippen molar-refractivity contribution in [1.82, 2.24) is 52.2 Å². The second-order valence-electron chi connectivity index (χ2n) is 19.3. The van der Waals surface area contributed by atoms with E-state index in [0.717, 1.165) is 16.5 Å². The summed E-state index contributed by atoms with van der Waals surface area (Å²) in [6, 6.07) is 14.0. The number of H-pyrrole nitrogens is 2. The summed E-state index contributed by atoms with van der Waals surface area (Å²) in [4.78, 5) is 120. The van der Waals surface area contributed by atoms with Gasteiger partial charge in [0.25, 0.3) is 0 Å². The van der Waals surface area contributed by atoms with Crippen molar-refractivity contribution in [3.63, 3.8) is 0 Å². The van der Waals surface area contributed by atoms with E-state index in [0.29, 0.717) is 55.6 Å². The predicted molar refractivity (Wildman–Crippen MR) is 289 cm³/mol. The van der Waals surface area contributed by atoms with Crippen LogP contribution in [-0.4, -0.2) is 129 Å². The van der Waals surface area contributed by atoms with Crippen molar-refractivity contribution >= 4 is 58.2 Å². The van der Waals surface area contributed by atoms with Gasteiger partial charge in [0.1, 0.15) is 42.0 Å². The molecule has 0 fully saturated rings. The van der Waals surface area contributed by atoms with Crippen LogP contribution in [0.3, 0.4) is 0 Å². The second kappa shape index (κ2) is 30.4. The molecule has 0 saturated heterocycles. The fraction of sp³-hybridized carbons (Fsp3) is 0.426. The van der Waals surface area contributed by atoms with Crippen LogP contribution in [0.1, 0.15) is 74.8 Å². The summed E-state index contributed by atoms with van der Waals surface area (Å²) in [6.07, 6.45) is 6.76. The summed E-state index contributed by atoms with van der Waals surface area (Å²) in [5, 5.41) is 29.6. The van der Waals surface area contributed by atoms with Crippen molar-refractivity contribution < 1.29 is 43.5 Å². The van der Waals surface area contributed by atoms with E-state index in [4.69, 9.17) is 22.9 Å². The number of imidazole rings is 1. The van der Waals surface area contributed by atoms with Gasteiger partial charge in [0.05, 0.1) is 18.9 Å². The van der Waals surface area contributed by atoms with Gasteiger partial charge in [-0.25, -0.2) is 4.98 Å². The van der Waals surface area contributed by atoms with Crippen LogP contribution in [0.15, 0.2) is 97.6 Å². The lowest BCUT2D eigenvalue weighted by atomic mass is 10.0. The predicted octanol–water partition coefficient (Wildman–Crippen LogP) is -0.381. The van der Waals surface area contributed by atoms with Gasteiger partial charge in [-0.15, -0.1) is 0 Å². The fourth-order valence-electron chi connectivity index (χ4n) is 8.57. The fourth-order valence-corrected chi connectivity index (χ4v) is 8.57. The number of primary amides is 1. The number of fused-ring (bicyclic) bond motifs is 1. The minimum Gasteiger partial charge on any atom is -0.508 e. The normalized spacial score (nSPS) is 13.9. The molecule has 23 nitrogen and oxygen atoms in total. The molecule has 7 atom stereocenters. The van der Waals surface area contributed by atoms with Crippen molar-refractivity contribution in [2.75, 3.05) is 19.6 Å². The molecule has 23 heteroatoms. The molecule has 0 aliphatic rings. The van der Waals surface area contributed by atoms with E-state index in [2.05, 4.69) is 52.2 Å². The van der Waals surface area contributed by atoms with Gasteiger partial charge in [-0.2, -0.15) is 0 Å². The Morgan fingerprint density at radius 3 is 1.70 bits per heavy atom. The molecular formula is C54H74N14O9. The Bertz CT molecular complexity index is 2720. The number of benzene rings is 3. The van der Waals surface area contributed by atoms with E-state index < -0.39 is 96.1 Å². The number of aromatic hydroxyl groups is 1. The van der Waals surface area contributed by atoms with Gasteiger partial charge < -0.3 is 75.2 Å². The summed E-state index contributed by atoms with van der Waals surface area (Å²) >= 11 is 0. The molecule has 0 aliphatic carbocycles. The first-order chi connectivity index (χ1) is 37.0. The number of nitrogens with zero attached hydrogens (tertiary/aromatic N) is 1. The number of phenols is 1. The molecule has 5 rings (SSSR count). The number of para-hydroxylation sites is 1. The summed E-state index contributed by atoms with van der Waals surface area (Å²) in [5.41, 5.74) is 26.8. The number of nitrogens with two attached hydrogens (primary N) is 4. The van der Waals surface area contributed by atoms with Crippen LogP contribution < -0.4 is 60.2 Å². The highest BCUT2D eigenvalue weighted by Gasteiger charge is 2.33. The quantitative estimate of drug-likeness (QED) is 0.0245. The highest BCUT2D eigenvalue weighted by Crippen LogP contribution is 2.20. The SMILES string of the molecule is CC(C)[C@H](NC(=O)[C@H](Cc1ccc(O)cc1)NC(=O)[C@H](CCCCN)NC(=O)CNC(=O)[C@H](Cc1c[nH]c2ccccc12)NC(=O)[C@H](CCCCN)NC(=O)[C@H](Cc1ccccc1)NC(=O)[C@@H](N)Cc1cnc[nH]1)C(N)=O. The summed E-state index contributed by atoms with van der Waals surface area (Å²) in [5.74, 6) is -6.19. The van der Waals surface area contributed by atoms with Crippen molar-refractivity contribution in [1.29, 1.82) is 0 Å². The molecule has 0 spiro atoms. The zero-order valence-electron chi connectivity index (χ0n) is 43.5. The molecular weight excluding hydrogens is 989 g/mol. The lowest BCUT2D eigenvalue weighted by molar-refractivity contribution is -0.134. The van der Waals surface area contributed by atoms with Crippen LogP contribution in [0.4, 0.5) is 0 Å². The van der Waals surface area contributed by atoms with Crippen molar-refractivity contribution in [3.05, 3.63) is 120 Å². The van der Waals surface area contributed by atoms with E-state index in [1.807, 2.05) is 30.3 Å². The third-order valence-electron chi connectivity index (χ3n) is 12.9. The maximum absolute atomic E-state index is 14.5. The standard InChI is InChI=1S/C54H74N14O9/c1-32(2)47(48(58)71)68-54(77)44(25-34-18-20-37(69)21-19-34)66-51(74)41(16-8-10-22-55)63-46(70)30-61-50(73)45(26-35-28-60-40-15-7-6-14-38(35)40)67-52(75)42(17-9-11-23-56)64-53(76)43(24-33-12-4-3-5-13-33)65-49(72)39(57)27-36-29-59-31-62-36/h3-7,12-15,18-21,28-29,31-32,39,41-45,47,60,69H,8-11,16-17,22-27,30,55-57H2,1-2H3,(H2,58,71)(H,59,62)(H,61,73)(H,63,70)(H,64,76)(H,65,72)(H,66,74)(H,67,75)(H,68,77)/t39-,41-,42-,43-,44-,45-,47-/m0/s1. The lowest BCUT2D eigenvalue weighted by Crippen LogP contribution is -2.59. The topological polar surface area (TPSA) is 390 Å². The molecule has 5 aromatic rings. The van der Waals surface area contributed by atoms with Crippen molar-refractivity contribution in [2.45, 2.75) is 120 Å². The van der Waals surface area contributed by atoms with Gasteiger partial charge in [-0.05, 0) is 92.4 Å². The number of unbranched alkanes of at least 4 members (excludes halogenated alkanes) is 2. The van der Waals surface area contributed by atoms with Crippen LogP contribution in [0.25, 0.3) is 10.9 Å². The summed E-state index contributed by atoms with van der Waals surface area (Å²) < 4.78 is 0. The molecule has 77 heavy (non-hydrogen) atoms. The van der Waals surface area contributed by atoms with Crippen molar-refractivity contribution in [2.24, 2.45) is 28.9 Å². The summed E-state index contributed by atoms with van der Waals surface area (Å²) in [7, 11) is 0. The Morgan fingerprint density at radius 1 is 0.584 bits per heavy atom.